The summed E-state index contributed by atoms with van der Waals surface area (Å²) >= 11 is 5.80. The molecule has 5 nitrogen and oxygen atoms in total. The second kappa shape index (κ2) is 5.79. The summed E-state index contributed by atoms with van der Waals surface area (Å²) in [7, 11) is 0. The smallest absolute Gasteiger partial charge is 0.287 e. The van der Waals surface area contributed by atoms with Crippen LogP contribution in [-0.4, -0.2) is 17.4 Å². The largest absolute Gasteiger partial charge is 0.351 e. The number of carbonyl (C=O) groups is 1. The van der Waals surface area contributed by atoms with E-state index in [0.29, 0.717) is 12.1 Å². The molecule has 1 N–H and O–H groups in total. The van der Waals surface area contributed by atoms with E-state index in [1.165, 1.54) is 24.6 Å². The highest BCUT2D eigenvalue weighted by atomic mass is 35.5. The van der Waals surface area contributed by atoms with E-state index >= 15 is 0 Å². The molecular weight excluding hydrogens is 280 g/mol. The topological polar surface area (TPSA) is 72.2 Å². The summed E-state index contributed by atoms with van der Waals surface area (Å²) < 4.78 is 0. The molecule has 1 aromatic carbocycles. The fraction of sp³-hybridized carbons (Fsp3) is 0.500. The summed E-state index contributed by atoms with van der Waals surface area (Å²) in [6.07, 6.45) is 4.55. The third-order valence-electron chi connectivity index (χ3n) is 4.19. The lowest BCUT2D eigenvalue weighted by Gasteiger charge is -2.41. The second-order valence-electron chi connectivity index (χ2n) is 5.31. The van der Waals surface area contributed by atoms with Crippen molar-refractivity contribution in [3.8, 4) is 0 Å². The third kappa shape index (κ3) is 2.93. The van der Waals surface area contributed by atoms with Crippen molar-refractivity contribution in [1.82, 2.24) is 5.32 Å². The number of halogens is 1. The van der Waals surface area contributed by atoms with E-state index in [0.717, 1.165) is 19.3 Å². The predicted octanol–water partition coefficient (Wildman–Crippen LogP) is 3.56. The van der Waals surface area contributed by atoms with Gasteiger partial charge in [-0.3, -0.25) is 14.9 Å². The van der Waals surface area contributed by atoms with E-state index in [2.05, 4.69) is 12.2 Å². The molecule has 108 valence electrons. The van der Waals surface area contributed by atoms with E-state index < -0.39 is 4.92 Å². The van der Waals surface area contributed by atoms with Gasteiger partial charge in [-0.1, -0.05) is 24.9 Å². The lowest BCUT2D eigenvalue weighted by Crippen LogP contribution is -2.41. The van der Waals surface area contributed by atoms with E-state index in [9.17, 15) is 14.9 Å². The fourth-order valence-corrected chi connectivity index (χ4v) is 2.75. The molecule has 0 saturated heterocycles. The number of hydrogen-bond acceptors (Lipinski definition) is 3. The van der Waals surface area contributed by atoms with Crippen molar-refractivity contribution in [1.29, 1.82) is 0 Å². The van der Waals surface area contributed by atoms with Gasteiger partial charge in [0.15, 0.2) is 0 Å². The van der Waals surface area contributed by atoms with Crippen LogP contribution >= 0.6 is 11.6 Å². The average molecular weight is 297 g/mol. The molecule has 1 fully saturated rings. The number of benzene rings is 1. The summed E-state index contributed by atoms with van der Waals surface area (Å²) in [6.45, 7) is 2.78. The number of carbonyl (C=O) groups excluding carboxylic acids is 1. The number of rotatable bonds is 5. The molecule has 1 amide bonds. The van der Waals surface area contributed by atoms with Crippen LogP contribution in [0.25, 0.3) is 0 Å². The molecule has 0 aliphatic heterocycles. The lowest BCUT2D eigenvalue weighted by atomic mass is 9.67. The normalized spacial score (nSPS) is 16.3. The van der Waals surface area contributed by atoms with Crippen LogP contribution in [0.5, 0.6) is 0 Å². The highest BCUT2D eigenvalue weighted by Crippen LogP contribution is 2.43. The van der Waals surface area contributed by atoms with E-state index in [4.69, 9.17) is 11.6 Å². The van der Waals surface area contributed by atoms with Crippen molar-refractivity contribution < 1.29 is 9.72 Å². The Labute approximate surface area is 122 Å². The van der Waals surface area contributed by atoms with Crippen molar-refractivity contribution >= 4 is 23.2 Å². The molecule has 1 aliphatic rings. The number of nitro groups is 1. The molecule has 6 heteroatoms. The zero-order chi connectivity index (χ0) is 14.8. The molecule has 2 rings (SSSR count). The SMILES string of the molecule is CCC1(CNC(=O)c2ccc([N+](=O)[O-])c(Cl)c2)CCC1. The highest BCUT2D eigenvalue weighted by molar-refractivity contribution is 6.33. The monoisotopic (exact) mass is 296 g/mol. The number of amides is 1. The first-order valence-corrected chi connectivity index (χ1v) is 7.07. The Morgan fingerprint density at radius 1 is 1.50 bits per heavy atom. The van der Waals surface area contributed by atoms with Gasteiger partial charge >= 0.3 is 0 Å². The maximum Gasteiger partial charge on any atom is 0.287 e. The number of nitrogens with one attached hydrogen (secondary N) is 1. The van der Waals surface area contributed by atoms with Gasteiger partial charge in [-0.15, -0.1) is 0 Å². The Hall–Kier alpha value is -1.62. The van der Waals surface area contributed by atoms with E-state index in [1.54, 1.807) is 0 Å². The van der Waals surface area contributed by atoms with Crippen molar-refractivity contribution in [2.75, 3.05) is 6.54 Å². The van der Waals surface area contributed by atoms with Crippen LogP contribution in [-0.2, 0) is 0 Å². The second-order valence-corrected chi connectivity index (χ2v) is 5.72. The fourth-order valence-electron chi connectivity index (χ4n) is 2.50. The minimum Gasteiger partial charge on any atom is -0.351 e. The first-order valence-electron chi connectivity index (χ1n) is 6.69. The zero-order valence-electron chi connectivity index (χ0n) is 11.3. The molecule has 0 unspecified atom stereocenters. The Morgan fingerprint density at radius 3 is 2.65 bits per heavy atom. The number of nitrogens with zero attached hydrogens (tertiary/aromatic N) is 1. The van der Waals surface area contributed by atoms with Gasteiger partial charge in [0.25, 0.3) is 11.6 Å². The van der Waals surface area contributed by atoms with Gasteiger partial charge in [0, 0.05) is 18.2 Å². The van der Waals surface area contributed by atoms with Crippen LogP contribution in [0.1, 0.15) is 43.0 Å². The first kappa shape index (κ1) is 14.8. The van der Waals surface area contributed by atoms with Gasteiger partial charge in [0.2, 0.25) is 0 Å². The Balaban J connectivity index is 2.02. The number of nitro benzene ring substituents is 1. The quantitative estimate of drug-likeness (QED) is 0.667. The highest BCUT2D eigenvalue weighted by Gasteiger charge is 2.35. The third-order valence-corrected chi connectivity index (χ3v) is 4.50. The standard InChI is InChI=1S/C14H17ClN2O3/c1-2-14(6-3-7-14)9-16-13(18)10-4-5-12(17(19)20)11(15)8-10/h4-5,8H,2-3,6-7,9H2,1H3,(H,16,18). The van der Waals surface area contributed by atoms with Gasteiger partial charge in [-0.25, -0.2) is 0 Å². The van der Waals surface area contributed by atoms with Gasteiger partial charge in [0.05, 0.1) is 4.92 Å². The van der Waals surface area contributed by atoms with Crippen molar-refractivity contribution in [2.45, 2.75) is 32.6 Å². The van der Waals surface area contributed by atoms with E-state index in [-0.39, 0.29) is 22.0 Å². The molecule has 0 aromatic heterocycles. The van der Waals surface area contributed by atoms with Crippen LogP contribution in [0.15, 0.2) is 18.2 Å². The van der Waals surface area contributed by atoms with Crippen LogP contribution in [0.4, 0.5) is 5.69 Å². The van der Waals surface area contributed by atoms with Crippen LogP contribution in [0.2, 0.25) is 5.02 Å². The average Bonchev–Trinajstić information content (AvgIpc) is 2.37. The van der Waals surface area contributed by atoms with Crippen LogP contribution in [0.3, 0.4) is 0 Å². The summed E-state index contributed by atoms with van der Waals surface area (Å²) in [5.74, 6) is -0.235. The molecule has 0 radical (unpaired) electrons. The van der Waals surface area contributed by atoms with Crippen molar-refractivity contribution in [3.63, 3.8) is 0 Å². The molecule has 0 spiro atoms. The molecule has 0 atom stereocenters. The summed E-state index contributed by atoms with van der Waals surface area (Å²) in [5, 5.41) is 13.5. The number of hydrogen-bond donors (Lipinski definition) is 1. The maximum atomic E-state index is 12.0. The molecule has 20 heavy (non-hydrogen) atoms. The Morgan fingerprint density at radius 2 is 2.20 bits per heavy atom. The lowest BCUT2D eigenvalue weighted by molar-refractivity contribution is -0.384. The molecule has 1 aromatic rings. The molecule has 1 saturated carbocycles. The summed E-state index contributed by atoms with van der Waals surface area (Å²) in [6, 6.07) is 4.03. The van der Waals surface area contributed by atoms with Crippen LogP contribution in [0, 0.1) is 15.5 Å². The van der Waals surface area contributed by atoms with Gasteiger partial charge < -0.3 is 5.32 Å². The minimum absolute atomic E-state index is 0.0171. The summed E-state index contributed by atoms with van der Waals surface area (Å²) in [4.78, 5) is 22.1. The summed E-state index contributed by atoms with van der Waals surface area (Å²) in [5.41, 5.74) is 0.402. The first-order chi connectivity index (χ1) is 9.47. The predicted molar refractivity (Wildman–Crippen MR) is 77.0 cm³/mol. The Bertz CT molecular complexity index is 536. The van der Waals surface area contributed by atoms with E-state index in [1.807, 2.05) is 0 Å². The molecule has 0 heterocycles. The molecular formula is C14H17ClN2O3. The van der Waals surface area contributed by atoms with Gasteiger partial charge in [-0.05, 0) is 36.8 Å². The van der Waals surface area contributed by atoms with Gasteiger partial charge in [-0.2, -0.15) is 0 Å². The molecule has 1 aliphatic carbocycles. The van der Waals surface area contributed by atoms with Crippen LogP contribution < -0.4 is 5.32 Å². The van der Waals surface area contributed by atoms with Gasteiger partial charge in [0.1, 0.15) is 5.02 Å². The minimum atomic E-state index is -0.565. The molecule has 0 bridgehead atoms. The Kier molecular flexibility index (Phi) is 4.28. The maximum absolute atomic E-state index is 12.0. The van der Waals surface area contributed by atoms with Crippen molar-refractivity contribution in [2.24, 2.45) is 5.41 Å². The van der Waals surface area contributed by atoms with Crippen molar-refractivity contribution in [3.05, 3.63) is 38.9 Å². The zero-order valence-corrected chi connectivity index (χ0v) is 12.1.